The Morgan fingerprint density at radius 2 is 1.79 bits per heavy atom. The van der Waals surface area contributed by atoms with Crippen molar-refractivity contribution >= 4 is 30.9 Å². The second kappa shape index (κ2) is 14.3. The van der Waals surface area contributed by atoms with Crippen LogP contribution in [-0.4, -0.2) is 58.2 Å². The van der Waals surface area contributed by atoms with Gasteiger partial charge in [0.25, 0.3) is 0 Å². The summed E-state index contributed by atoms with van der Waals surface area (Å²) in [5.74, 6) is -0.187. The number of carbonyl (C=O) groups excluding carboxylic acids is 1. The highest BCUT2D eigenvalue weighted by atomic mass is 28.4. The Labute approximate surface area is 276 Å². The number of anilines is 1. The van der Waals surface area contributed by atoms with E-state index in [1.807, 2.05) is 91.3 Å². The zero-order valence-corrected chi connectivity index (χ0v) is 28.3. The first-order valence-corrected chi connectivity index (χ1v) is 19.5. The first kappa shape index (κ1) is 32.8. The first-order valence-electron chi connectivity index (χ1n) is 16.5. The maximum atomic E-state index is 15.7. The fourth-order valence-electron chi connectivity index (χ4n) is 7.27. The van der Waals surface area contributed by atoms with Crippen molar-refractivity contribution in [2.75, 3.05) is 11.9 Å². The van der Waals surface area contributed by atoms with Crippen LogP contribution in [0.4, 0.5) is 9.80 Å². The van der Waals surface area contributed by atoms with Gasteiger partial charge in [0, 0.05) is 41.1 Å². The quantitative estimate of drug-likeness (QED) is 0.0935. The second-order valence-corrected chi connectivity index (χ2v) is 17.1. The van der Waals surface area contributed by atoms with Gasteiger partial charge >= 0.3 is 0 Å². The number of halogens is 1. The number of H-pyrrole nitrogens is 1. The van der Waals surface area contributed by atoms with E-state index in [9.17, 15) is 9.90 Å². The number of aliphatic hydroxyl groups is 1. The fraction of sp³-hybridized carbons (Fsp3) is 0.378. The molecule has 8 nitrogen and oxygen atoms in total. The predicted octanol–water partition coefficient (Wildman–Crippen LogP) is 7.04. The minimum absolute atomic E-state index is 0.0359. The van der Waals surface area contributed by atoms with Crippen molar-refractivity contribution < 1.29 is 18.7 Å². The van der Waals surface area contributed by atoms with Crippen LogP contribution in [0.1, 0.15) is 48.1 Å². The number of rotatable bonds is 13. The summed E-state index contributed by atoms with van der Waals surface area (Å²) in [6.45, 7) is 6.23. The summed E-state index contributed by atoms with van der Waals surface area (Å²) in [6.07, 6.45) is 6.11. The van der Waals surface area contributed by atoms with Gasteiger partial charge in [-0.2, -0.15) is 0 Å². The minimum Gasteiger partial charge on any atom is -0.395 e. The number of nitrogens with one attached hydrogen (secondary N) is 2. The summed E-state index contributed by atoms with van der Waals surface area (Å²) in [5.41, 5.74) is 5.51. The topological polar surface area (TPSA) is 105 Å². The number of hydrogen-bond acceptors (Lipinski definition) is 5. The van der Waals surface area contributed by atoms with Gasteiger partial charge in [0.15, 0.2) is 0 Å². The van der Waals surface area contributed by atoms with Crippen LogP contribution in [0.2, 0.25) is 18.6 Å². The van der Waals surface area contributed by atoms with Gasteiger partial charge in [0.2, 0.25) is 14.3 Å². The molecule has 1 fully saturated rings. The number of aliphatic hydroxyl groups excluding tert-OH is 1. The number of carbonyl (C=O) groups is 1. The van der Waals surface area contributed by atoms with Crippen LogP contribution in [0.5, 0.6) is 0 Å². The highest BCUT2D eigenvalue weighted by Gasteiger charge is 2.50. The number of aromatic nitrogens is 4. The smallest absolute Gasteiger partial charge is 0.246 e. The number of nitrogens with zero attached hydrogens (tertiary/aromatic N) is 3. The Morgan fingerprint density at radius 3 is 2.53 bits per heavy atom. The van der Waals surface area contributed by atoms with Crippen LogP contribution < -0.4 is 5.32 Å². The maximum absolute atomic E-state index is 15.7. The summed E-state index contributed by atoms with van der Waals surface area (Å²) in [4.78, 5) is 16.0. The Kier molecular flexibility index (Phi) is 10.0. The molecule has 1 amide bonds. The maximum Gasteiger partial charge on any atom is 0.246 e. The van der Waals surface area contributed by atoms with Gasteiger partial charge in [-0.15, -0.1) is 5.10 Å². The molecule has 10 heteroatoms. The third kappa shape index (κ3) is 7.72. The number of fused-ring (bicyclic) bond motifs is 1. The van der Waals surface area contributed by atoms with Crippen LogP contribution in [0.25, 0.3) is 10.9 Å². The molecule has 3 heterocycles. The van der Waals surface area contributed by atoms with Crippen LogP contribution in [0.15, 0.2) is 91.3 Å². The average Bonchev–Trinajstić information content (AvgIpc) is 3.78. The SMILES string of the molecule is C[C@H]1[C@H]([Si](C)(C)F)[C@@H](CCn2cc(C(CO)c3ccccc3)nn2)O[C@H]1CCc1ccc(NC(=O)Cc2c[nH]c3ccccc23)cc1. The van der Waals surface area contributed by atoms with Crippen molar-refractivity contribution in [2.45, 2.75) is 75.9 Å². The van der Waals surface area contributed by atoms with Crippen molar-refractivity contribution in [2.24, 2.45) is 5.92 Å². The number of aryl methyl sites for hydroxylation is 2. The molecule has 3 N–H and O–H groups in total. The third-order valence-corrected chi connectivity index (χ3v) is 12.1. The van der Waals surface area contributed by atoms with Gasteiger partial charge in [-0.3, -0.25) is 9.48 Å². The van der Waals surface area contributed by atoms with E-state index < -0.39 is 8.41 Å². The lowest BCUT2D eigenvalue weighted by Gasteiger charge is -2.28. The standard InChI is InChI=1S/C37H44FN5O3Si/c1-25-34(18-15-26-13-16-29(17-14-26)40-36(45)21-28-22-39-32-12-8-7-11-30(28)32)46-35(37(25)47(2,3)38)19-20-43-23-33(41-42-43)31(24-44)27-9-5-4-6-10-27/h4-14,16-17,22-23,25,31,34-35,37,39,44H,15,18-21,24H2,1-3H3,(H,40,45)/t25-,31?,34+,35-,37+/m1/s1. The number of amides is 1. The third-order valence-electron chi connectivity index (χ3n) is 9.62. The molecule has 0 aliphatic carbocycles. The van der Waals surface area contributed by atoms with E-state index in [0.29, 0.717) is 25.1 Å². The molecule has 6 rings (SSSR count). The number of hydrogen-bond donors (Lipinski definition) is 3. The predicted molar refractivity (Wildman–Crippen MR) is 186 cm³/mol. The van der Waals surface area contributed by atoms with Crippen LogP contribution in [-0.2, 0) is 28.9 Å². The molecule has 0 bridgehead atoms. The van der Waals surface area contributed by atoms with E-state index in [1.165, 1.54) is 0 Å². The summed E-state index contributed by atoms with van der Waals surface area (Å²) in [7, 11) is -3.01. The second-order valence-electron chi connectivity index (χ2n) is 13.3. The monoisotopic (exact) mass is 653 g/mol. The molecule has 47 heavy (non-hydrogen) atoms. The molecule has 1 saturated heterocycles. The highest BCUT2D eigenvalue weighted by Crippen LogP contribution is 2.47. The molecule has 0 saturated carbocycles. The van der Waals surface area contributed by atoms with Crippen molar-refractivity contribution in [3.8, 4) is 0 Å². The fourth-order valence-corrected chi connectivity index (χ4v) is 9.86. The van der Waals surface area contributed by atoms with Gasteiger partial charge in [-0.1, -0.05) is 72.8 Å². The normalized spacial score (nSPS) is 20.4. The Hall–Kier alpha value is -4.12. The van der Waals surface area contributed by atoms with Gasteiger partial charge in [0.05, 0.1) is 36.8 Å². The first-order chi connectivity index (χ1) is 22.7. The van der Waals surface area contributed by atoms with E-state index >= 15 is 4.11 Å². The summed E-state index contributed by atoms with van der Waals surface area (Å²) in [5, 5.41) is 22.8. The number of benzene rings is 3. The summed E-state index contributed by atoms with van der Waals surface area (Å²) in [6, 6.07) is 25.7. The minimum atomic E-state index is -3.01. The molecular formula is C37H44FN5O3Si. The van der Waals surface area contributed by atoms with E-state index in [2.05, 4.69) is 27.5 Å². The van der Waals surface area contributed by atoms with E-state index in [1.54, 1.807) is 17.8 Å². The number of para-hydroxylation sites is 1. The van der Waals surface area contributed by atoms with Gasteiger partial charge in [0.1, 0.15) is 0 Å². The Bertz CT molecular complexity index is 1770. The highest BCUT2D eigenvalue weighted by molar-refractivity contribution is 6.72. The lowest BCUT2D eigenvalue weighted by molar-refractivity contribution is -0.115. The lowest BCUT2D eigenvalue weighted by Crippen LogP contribution is -2.36. The molecule has 2 aromatic heterocycles. The van der Waals surface area contributed by atoms with Gasteiger partial charge in [-0.05, 0) is 73.2 Å². The van der Waals surface area contributed by atoms with Crippen LogP contribution in [0, 0.1) is 5.92 Å². The number of aromatic amines is 1. The van der Waals surface area contributed by atoms with E-state index in [-0.39, 0.29) is 42.1 Å². The molecule has 1 aliphatic heterocycles. The zero-order chi connectivity index (χ0) is 33.0. The number of ether oxygens (including phenoxy) is 1. The molecular weight excluding hydrogens is 610 g/mol. The van der Waals surface area contributed by atoms with Gasteiger partial charge in [-0.25, -0.2) is 0 Å². The largest absolute Gasteiger partial charge is 0.395 e. The van der Waals surface area contributed by atoms with Gasteiger partial charge < -0.3 is 24.3 Å². The molecule has 1 unspecified atom stereocenters. The van der Waals surface area contributed by atoms with Crippen molar-refractivity contribution in [1.29, 1.82) is 0 Å². The average molecular weight is 654 g/mol. The molecule has 1 aliphatic rings. The molecule has 5 aromatic rings. The zero-order valence-electron chi connectivity index (χ0n) is 27.3. The summed E-state index contributed by atoms with van der Waals surface area (Å²) < 4.78 is 24.1. The molecule has 3 aromatic carbocycles. The Morgan fingerprint density at radius 1 is 1.04 bits per heavy atom. The lowest BCUT2D eigenvalue weighted by atomic mass is 9.95. The van der Waals surface area contributed by atoms with Crippen molar-refractivity contribution in [1.82, 2.24) is 20.0 Å². The van der Waals surface area contributed by atoms with Crippen LogP contribution in [0.3, 0.4) is 0 Å². The van der Waals surface area contributed by atoms with Crippen molar-refractivity contribution in [3.05, 3.63) is 114 Å². The molecule has 246 valence electrons. The molecule has 0 spiro atoms. The summed E-state index contributed by atoms with van der Waals surface area (Å²) >= 11 is 0. The van der Waals surface area contributed by atoms with Crippen LogP contribution >= 0.6 is 0 Å². The molecule has 5 atom stereocenters. The van der Waals surface area contributed by atoms with Crippen molar-refractivity contribution in [3.63, 3.8) is 0 Å². The van der Waals surface area contributed by atoms with E-state index in [0.717, 1.165) is 46.1 Å². The molecule has 0 radical (unpaired) electrons. The van der Waals surface area contributed by atoms with E-state index in [4.69, 9.17) is 4.74 Å². The Balaban J connectivity index is 1.02.